The Kier molecular flexibility index (Phi) is 2.00. The molecule has 5 nitrogen and oxygen atoms in total. The Morgan fingerprint density at radius 2 is 2.11 bits per heavy atom. The molecule has 0 spiro atoms. The van der Waals surface area contributed by atoms with Gasteiger partial charge in [-0.2, -0.15) is 0 Å². The van der Waals surface area contributed by atoms with Gasteiger partial charge in [0.2, 0.25) is 0 Å². The van der Waals surface area contributed by atoms with Crippen LogP contribution >= 0.6 is 0 Å². The molecule has 0 saturated heterocycles. The number of hydrogen-bond donors (Lipinski definition) is 2. The number of carboxylic acid groups (broad SMARTS) is 1. The van der Waals surface area contributed by atoms with E-state index in [1.54, 1.807) is 0 Å². The van der Waals surface area contributed by atoms with Gasteiger partial charge in [0.25, 0.3) is 5.56 Å². The lowest BCUT2D eigenvalue weighted by Crippen LogP contribution is -2.09. The summed E-state index contributed by atoms with van der Waals surface area (Å²) in [5, 5.41) is 9.08. The maximum Gasteiger partial charge on any atom is 0.337 e. The number of benzene rings is 1. The second-order valence-electron chi connectivity index (χ2n) is 3.90. The monoisotopic (exact) mass is 246 g/mol. The lowest BCUT2D eigenvalue weighted by Gasteiger charge is -2.01. The van der Waals surface area contributed by atoms with Crippen LogP contribution in [0.4, 0.5) is 4.39 Å². The third kappa shape index (κ3) is 1.39. The average molecular weight is 246 g/mol. The Morgan fingerprint density at radius 3 is 2.83 bits per heavy atom. The Balaban J connectivity index is 2.52. The molecule has 0 aliphatic heterocycles. The molecule has 0 atom stereocenters. The van der Waals surface area contributed by atoms with Gasteiger partial charge in [0.05, 0.1) is 16.5 Å². The zero-order chi connectivity index (χ0) is 12.9. The molecule has 0 radical (unpaired) electrons. The van der Waals surface area contributed by atoms with Crippen molar-refractivity contribution in [1.82, 2.24) is 9.38 Å². The van der Waals surface area contributed by atoms with Crippen molar-refractivity contribution >= 4 is 22.5 Å². The highest BCUT2D eigenvalue weighted by molar-refractivity contribution is 5.90. The third-order valence-corrected chi connectivity index (χ3v) is 2.77. The van der Waals surface area contributed by atoms with Gasteiger partial charge >= 0.3 is 5.97 Å². The van der Waals surface area contributed by atoms with Gasteiger partial charge < -0.3 is 14.5 Å². The van der Waals surface area contributed by atoms with Crippen LogP contribution in [0.25, 0.3) is 16.6 Å². The van der Waals surface area contributed by atoms with Gasteiger partial charge in [-0.15, -0.1) is 0 Å². The van der Waals surface area contributed by atoms with Gasteiger partial charge in [0.15, 0.2) is 0 Å². The number of nitrogens with one attached hydrogen (secondary N) is 1. The van der Waals surface area contributed by atoms with Crippen LogP contribution in [0.3, 0.4) is 0 Å². The molecule has 3 aromatic rings. The standard InChI is InChI=1S/C12H7FN2O3/c13-7-1-2-9-8(4-7)11(16)14-10-3-6(12(17)18)5-15(9)10/h1-5H,(H,14,16)(H,17,18). The van der Waals surface area contributed by atoms with Crippen LogP contribution in [-0.4, -0.2) is 20.5 Å². The number of fused-ring (bicyclic) bond motifs is 3. The molecule has 0 unspecified atom stereocenters. The molecule has 2 N–H and O–H groups in total. The summed E-state index contributed by atoms with van der Waals surface area (Å²) in [4.78, 5) is 25.1. The molecular weight excluding hydrogens is 239 g/mol. The summed E-state index contributed by atoms with van der Waals surface area (Å²) < 4.78 is 14.6. The molecule has 90 valence electrons. The second-order valence-corrected chi connectivity index (χ2v) is 3.90. The van der Waals surface area contributed by atoms with Crippen molar-refractivity contribution in [3.63, 3.8) is 0 Å². The van der Waals surface area contributed by atoms with Crippen molar-refractivity contribution in [2.45, 2.75) is 0 Å². The van der Waals surface area contributed by atoms with Crippen LogP contribution < -0.4 is 5.56 Å². The van der Waals surface area contributed by atoms with Crippen molar-refractivity contribution in [3.8, 4) is 0 Å². The SMILES string of the molecule is O=C(O)c1cc2[nH]c(=O)c3cc(F)ccc3n2c1. The van der Waals surface area contributed by atoms with Crippen molar-refractivity contribution in [1.29, 1.82) is 0 Å². The predicted molar refractivity (Wildman–Crippen MR) is 62.4 cm³/mol. The Hall–Kier alpha value is -2.63. The number of nitrogens with zero attached hydrogens (tertiary/aromatic N) is 1. The van der Waals surface area contributed by atoms with Crippen molar-refractivity contribution < 1.29 is 14.3 Å². The number of aromatic carboxylic acids is 1. The van der Waals surface area contributed by atoms with Gasteiger partial charge in [-0.25, -0.2) is 9.18 Å². The van der Waals surface area contributed by atoms with Gasteiger partial charge in [0, 0.05) is 6.20 Å². The average Bonchev–Trinajstić information content (AvgIpc) is 2.73. The van der Waals surface area contributed by atoms with Gasteiger partial charge in [-0.1, -0.05) is 0 Å². The van der Waals surface area contributed by atoms with E-state index >= 15 is 0 Å². The van der Waals surface area contributed by atoms with E-state index in [1.807, 2.05) is 0 Å². The number of carboxylic acids is 1. The molecule has 0 fully saturated rings. The van der Waals surface area contributed by atoms with Gasteiger partial charge in [-0.05, 0) is 24.3 Å². The normalized spacial score (nSPS) is 11.2. The highest BCUT2D eigenvalue weighted by atomic mass is 19.1. The molecule has 1 aromatic carbocycles. The number of H-pyrrole nitrogens is 1. The van der Waals surface area contributed by atoms with Crippen LogP contribution in [0, 0.1) is 5.82 Å². The van der Waals surface area contributed by atoms with Crippen LogP contribution in [0.1, 0.15) is 10.4 Å². The van der Waals surface area contributed by atoms with Crippen LogP contribution in [0.15, 0.2) is 35.3 Å². The summed E-state index contributed by atoms with van der Waals surface area (Å²) in [6.45, 7) is 0. The molecule has 0 aliphatic carbocycles. The molecule has 6 heteroatoms. The van der Waals surface area contributed by atoms with Gasteiger partial charge in [-0.3, -0.25) is 4.79 Å². The van der Waals surface area contributed by atoms with E-state index in [9.17, 15) is 14.0 Å². The molecule has 0 amide bonds. The fourth-order valence-electron chi connectivity index (χ4n) is 1.96. The lowest BCUT2D eigenvalue weighted by molar-refractivity contribution is 0.0697. The first-order valence-corrected chi connectivity index (χ1v) is 5.13. The molecule has 2 heterocycles. The number of aromatic nitrogens is 2. The number of hydrogen-bond acceptors (Lipinski definition) is 2. The smallest absolute Gasteiger partial charge is 0.337 e. The largest absolute Gasteiger partial charge is 0.478 e. The van der Waals surface area contributed by atoms with E-state index in [0.29, 0.717) is 11.2 Å². The van der Waals surface area contributed by atoms with E-state index < -0.39 is 17.3 Å². The summed E-state index contributed by atoms with van der Waals surface area (Å²) in [5.74, 6) is -1.60. The first-order chi connectivity index (χ1) is 8.56. The van der Waals surface area contributed by atoms with E-state index in [0.717, 1.165) is 6.07 Å². The molecule has 3 rings (SSSR count). The summed E-state index contributed by atoms with van der Waals surface area (Å²) in [7, 11) is 0. The molecule has 0 saturated carbocycles. The summed E-state index contributed by atoms with van der Waals surface area (Å²) in [5.41, 5.74) is 0.425. The maximum atomic E-state index is 13.1. The molecule has 0 aliphatic rings. The minimum absolute atomic E-state index is 0.0578. The number of carbonyl (C=O) groups is 1. The topological polar surface area (TPSA) is 74.6 Å². The molecule has 18 heavy (non-hydrogen) atoms. The van der Waals surface area contributed by atoms with Crippen LogP contribution in [0.5, 0.6) is 0 Å². The fourth-order valence-corrected chi connectivity index (χ4v) is 1.96. The summed E-state index contributed by atoms with van der Waals surface area (Å²) in [6, 6.07) is 5.14. The fraction of sp³-hybridized carbons (Fsp3) is 0. The van der Waals surface area contributed by atoms with Crippen molar-refractivity contribution in [2.75, 3.05) is 0 Å². The van der Waals surface area contributed by atoms with E-state index in [2.05, 4.69) is 4.98 Å². The zero-order valence-electron chi connectivity index (χ0n) is 8.98. The molecule has 2 aromatic heterocycles. The summed E-state index contributed by atoms with van der Waals surface area (Å²) >= 11 is 0. The number of rotatable bonds is 1. The first-order valence-electron chi connectivity index (χ1n) is 5.13. The first kappa shape index (κ1) is 10.5. The van der Waals surface area contributed by atoms with Crippen LogP contribution in [0.2, 0.25) is 0 Å². The number of aromatic amines is 1. The minimum Gasteiger partial charge on any atom is -0.478 e. The second kappa shape index (κ2) is 3.43. The quantitative estimate of drug-likeness (QED) is 0.685. The Morgan fingerprint density at radius 1 is 1.33 bits per heavy atom. The van der Waals surface area contributed by atoms with E-state index in [4.69, 9.17) is 5.11 Å². The maximum absolute atomic E-state index is 13.1. The highest BCUT2D eigenvalue weighted by Gasteiger charge is 2.11. The summed E-state index contributed by atoms with van der Waals surface area (Å²) in [6.07, 6.45) is 1.38. The highest BCUT2D eigenvalue weighted by Crippen LogP contribution is 2.16. The molecule has 0 bridgehead atoms. The van der Waals surface area contributed by atoms with Crippen molar-refractivity contribution in [3.05, 3.63) is 52.2 Å². The van der Waals surface area contributed by atoms with E-state index in [-0.39, 0.29) is 10.9 Å². The Labute approximate surface area is 99.1 Å². The van der Waals surface area contributed by atoms with Gasteiger partial charge in [0.1, 0.15) is 11.5 Å². The third-order valence-electron chi connectivity index (χ3n) is 2.77. The van der Waals surface area contributed by atoms with Crippen molar-refractivity contribution in [2.24, 2.45) is 0 Å². The van der Waals surface area contributed by atoms with Crippen LogP contribution in [-0.2, 0) is 0 Å². The minimum atomic E-state index is -1.09. The zero-order valence-corrected chi connectivity index (χ0v) is 8.98. The molecular formula is C12H7FN2O3. The Bertz CT molecular complexity index is 848. The lowest BCUT2D eigenvalue weighted by atomic mass is 10.2. The number of halogens is 1. The van der Waals surface area contributed by atoms with E-state index in [1.165, 1.54) is 28.8 Å². The predicted octanol–water partition coefficient (Wildman–Crippen LogP) is 1.62.